The lowest BCUT2D eigenvalue weighted by atomic mass is 9.88. The third-order valence-electron chi connectivity index (χ3n) is 9.44. The molecule has 0 aromatic heterocycles. The van der Waals surface area contributed by atoms with Crippen LogP contribution in [0.15, 0.2) is 42.5 Å². The summed E-state index contributed by atoms with van der Waals surface area (Å²) in [5, 5.41) is 15.9. The number of amides is 4. The number of aliphatic hydroxyl groups is 1. The molecule has 1 saturated carbocycles. The van der Waals surface area contributed by atoms with Crippen molar-refractivity contribution in [2.24, 2.45) is 11.8 Å². The third kappa shape index (κ3) is 10.3. The molecule has 1 aliphatic heterocycles. The molecule has 11 heteroatoms. The Balaban J connectivity index is 1.57. The first-order valence-electron chi connectivity index (χ1n) is 17.4. The van der Waals surface area contributed by atoms with E-state index in [-0.39, 0.29) is 48.0 Å². The van der Waals surface area contributed by atoms with Crippen molar-refractivity contribution >= 4 is 29.2 Å². The van der Waals surface area contributed by atoms with Gasteiger partial charge in [-0.3, -0.25) is 9.59 Å². The Morgan fingerprint density at radius 3 is 2.35 bits per heavy atom. The van der Waals surface area contributed by atoms with Gasteiger partial charge in [-0.2, -0.15) is 0 Å². The van der Waals surface area contributed by atoms with Crippen molar-refractivity contribution in [3.8, 4) is 11.5 Å². The van der Waals surface area contributed by atoms with E-state index in [0.29, 0.717) is 42.6 Å². The van der Waals surface area contributed by atoms with Crippen LogP contribution in [0.3, 0.4) is 0 Å². The maximum Gasteiger partial charge on any atom is 0.323 e. The zero-order valence-corrected chi connectivity index (χ0v) is 29.2. The van der Waals surface area contributed by atoms with Crippen LogP contribution in [0.2, 0.25) is 0 Å². The number of anilines is 2. The summed E-state index contributed by atoms with van der Waals surface area (Å²) < 4.78 is 17.9. The highest BCUT2D eigenvalue weighted by Gasteiger charge is 2.32. The number of likely N-dealkylation sites (N-methyl/N-ethyl adjacent to an activating group) is 1. The first-order valence-corrected chi connectivity index (χ1v) is 17.4. The van der Waals surface area contributed by atoms with E-state index in [1.807, 2.05) is 25.8 Å². The summed E-state index contributed by atoms with van der Waals surface area (Å²) >= 11 is 0. The number of rotatable bonds is 8. The zero-order valence-electron chi connectivity index (χ0n) is 29.2. The fourth-order valence-corrected chi connectivity index (χ4v) is 6.45. The third-order valence-corrected chi connectivity index (χ3v) is 9.44. The van der Waals surface area contributed by atoms with Crippen molar-refractivity contribution in [1.29, 1.82) is 0 Å². The quantitative estimate of drug-likeness (QED) is 0.307. The first-order chi connectivity index (χ1) is 23.1. The molecule has 4 rings (SSSR count). The van der Waals surface area contributed by atoms with Gasteiger partial charge in [0, 0.05) is 50.0 Å². The molecule has 2 aromatic carbocycles. The number of carbonyl (C=O) groups excluding carboxylic acids is 3. The van der Waals surface area contributed by atoms with Crippen LogP contribution in [0, 0.1) is 11.8 Å². The highest BCUT2D eigenvalue weighted by Crippen LogP contribution is 2.29. The van der Waals surface area contributed by atoms with Crippen molar-refractivity contribution in [3.05, 3.63) is 48.0 Å². The van der Waals surface area contributed by atoms with Gasteiger partial charge in [-0.05, 0) is 88.4 Å². The number of fused-ring (bicyclic) bond motifs is 1. The van der Waals surface area contributed by atoms with Gasteiger partial charge in [0.2, 0.25) is 5.91 Å². The Hall–Kier alpha value is -3.83. The number of hydrogen-bond donors (Lipinski definition) is 3. The molecule has 264 valence electrons. The molecule has 2 aliphatic rings. The average Bonchev–Trinajstić information content (AvgIpc) is 3.09. The number of urea groups is 1. The second kappa shape index (κ2) is 18.1. The smallest absolute Gasteiger partial charge is 0.323 e. The molecule has 0 unspecified atom stereocenters. The topological polar surface area (TPSA) is 130 Å². The van der Waals surface area contributed by atoms with E-state index in [9.17, 15) is 19.5 Å². The number of ether oxygens (including phenoxy) is 3. The summed E-state index contributed by atoms with van der Waals surface area (Å²) in [6, 6.07) is 11.0. The minimum atomic E-state index is -0.504. The van der Waals surface area contributed by atoms with E-state index in [4.69, 9.17) is 14.2 Å². The van der Waals surface area contributed by atoms with Crippen LogP contribution in [0.4, 0.5) is 16.2 Å². The Kier molecular flexibility index (Phi) is 13.9. The monoisotopic (exact) mass is 666 g/mol. The van der Waals surface area contributed by atoms with Gasteiger partial charge in [0.1, 0.15) is 11.5 Å². The molecule has 11 nitrogen and oxygen atoms in total. The molecule has 1 heterocycles. The maximum absolute atomic E-state index is 14.4. The van der Waals surface area contributed by atoms with Crippen LogP contribution in [-0.2, 0) is 9.53 Å². The molecule has 1 fully saturated rings. The van der Waals surface area contributed by atoms with Crippen LogP contribution in [0.1, 0.15) is 82.5 Å². The van der Waals surface area contributed by atoms with E-state index in [1.165, 1.54) is 6.42 Å². The van der Waals surface area contributed by atoms with Gasteiger partial charge >= 0.3 is 6.03 Å². The largest absolute Gasteiger partial charge is 0.497 e. The average molecular weight is 667 g/mol. The molecular formula is C37H54N4O7. The second-order valence-corrected chi connectivity index (χ2v) is 13.4. The number of nitrogens with zero attached hydrogens (tertiary/aromatic N) is 2. The molecule has 0 radical (unpaired) electrons. The van der Waals surface area contributed by atoms with E-state index in [0.717, 1.165) is 44.9 Å². The van der Waals surface area contributed by atoms with Crippen LogP contribution in [-0.4, -0.2) is 91.5 Å². The number of hydrogen-bond acceptors (Lipinski definition) is 7. The van der Waals surface area contributed by atoms with Crippen LogP contribution >= 0.6 is 0 Å². The summed E-state index contributed by atoms with van der Waals surface area (Å²) in [5.41, 5.74) is 1.29. The number of nitrogens with one attached hydrogen (secondary N) is 2. The number of benzene rings is 2. The van der Waals surface area contributed by atoms with Crippen molar-refractivity contribution in [2.75, 3.05) is 51.1 Å². The van der Waals surface area contributed by atoms with Crippen LogP contribution < -0.4 is 20.1 Å². The summed E-state index contributed by atoms with van der Waals surface area (Å²) in [6.07, 6.45) is 7.23. The number of carbonyl (C=O) groups is 3. The van der Waals surface area contributed by atoms with E-state index < -0.39 is 12.1 Å². The minimum absolute atomic E-state index is 0.0594. The van der Waals surface area contributed by atoms with Crippen molar-refractivity contribution in [3.63, 3.8) is 0 Å². The lowest BCUT2D eigenvalue weighted by Gasteiger charge is -2.36. The lowest BCUT2D eigenvalue weighted by Crippen LogP contribution is -2.48. The standard InChI is InChI=1S/C37H54N4O7/c1-25-22-41(26(2)24-42)36(44)32-21-30(39-37(45)38-29-14-17-31(46-5)18-15-29)16-19-33(32)48-27(3)11-9-10-20-47-34(25)23-40(4)35(43)28-12-7-6-8-13-28/h14-19,21,25-28,34,42H,6-13,20,22-24H2,1-5H3,(H2,38,39,45)/t25-,26+,27-,34-/m0/s1. The van der Waals surface area contributed by atoms with Crippen LogP contribution in [0.5, 0.6) is 11.5 Å². The normalized spacial score (nSPS) is 22.0. The Bertz CT molecular complexity index is 1350. The van der Waals surface area contributed by atoms with Gasteiger partial charge in [-0.1, -0.05) is 26.2 Å². The minimum Gasteiger partial charge on any atom is -0.497 e. The van der Waals surface area contributed by atoms with Gasteiger partial charge in [-0.25, -0.2) is 4.79 Å². The molecule has 48 heavy (non-hydrogen) atoms. The zero-order chi connectivity index (χ0) is 34.6. The Morgan fingerprint density at radius 2 is 1.67 bits per heavy atom. The van der Waals surface area contributed by atoms with Crippen molar-refractivity contribution in [2.45, 2.75) is 90.4 Å². The predicted molar refractivity (Wildman–Crippen MR) is 187 cm³/mol. The molecular weight excluding hydrogens is 612 g/mol. The Morgan fingerprint density at radius 1 is 1.00 bits per heavy atom. The summed E-state index contributed by atoms with van der Waals surface area (Å²) in [6.45, 7) is 6.83. The maximum atomic E-state index is 14.4. The molecule has 2 aromatic rings. The molecule has 0 saturated heterocycles. The van der Waals surface area contributed by atoms with Gasteiger partial charge in [0.15, 0.2) is 0 Å². The number of aliphatic hydroxyl groups excluding tert-OH is 1. The Labute approximate surface area is 285 Å². The highest BCUT2D eigenvalue weighted by molar-refractivity contribution is 6.02. The first kappa shape index (κ1) is 37.0. The highest BCUT2D eigenvalue weighted by atomic mass is 16.5. The van der Waals surface area contributed by atoms with Crippen molar-refractivity contribution < 1.29 is 33.7 Å². The van der Waals surface area contributed by atoms with E-state index in [2.05, 4.69) is 10.6 Å². The van der Waals surface area contributed by atoms with Crippen LogP contribution in [0.25, 0.3) is 0 Å². The molecule has 4 atom stereocenters. The second-order valence-electron chi connectivity index (χ2n) is 13.4. The van der Waals surface area contributed by atoms with E-state index in [1.54, 1.807) is 61.4 Å². The molecule has 0 spiro atoms. The molecule has 3 N–H and O–H groups in total. The summed E-state index contributed by atoms with van der Waals surface area (Å²) in [7, 11) is 3.43. The fraction of sp³-hybridized carbons (Fsp3) is 0.595. The summed E-state index contributed by atoms with van der Waals surface area (Å²) in [4.78, 5) is 44.1. The predicted octanol–water partition coefficient (Wildman–Crippen LogP) is 6.17. The molecule has 4 amide bonds. The van der Waals surface area contributed by atoms with Gasteiger partial charge in [0.05, 0.1) is 37.5 Å². The lowest BCUT2D eigenvalue weighted by molar-refractivity contribution is -0.137. The summed E-state index contributed by atoms with van der Waals surface area (Å²) in [5.74, 6) is 0.842. The van der Waals surface area contributed by atoms with Crippen molar-refractivity contribution in [1.82, 2.24) is 9.80 Å². The molecule has 0 bridgehead atoms. The number of methoxy groups -OCH3 is 1. The molecule has 1 aliphatic carbocycles. The van der Waals surface area contributed by atoms with Gasteiger partial charge in [-0.15, -0.1) is 0 Å². The fourth-order valence-electron chi connectivity index (χ4n) is 6.45. The van der Waals surface area contributed by atoms with Gasteiger partial charge < -0.3 is 39.8 Å². The van der Waals surface area contributed by atoms with E-state index >= 15 is 0 Å². The SMILES string of the molecule is COc1ccc(NC(=O)Nc2ccc3c(c2)C(=O)N([C@H](C)CO)C[C@H](C)[C@H](CN(C)C(=O)C2CCCCC2)OCCCC[C@H](C)O3)cc1. The van der Waals surface area contributed by atoms with Gasteiger partial charge in [0.25, 0.3) is 5.91 Å².